The first kappa shape index (κ1) is 24.5. The van der Waals surface area contributed by atoms with Crippen molar-refractivity contribution >= 4 is 43.9 Å². The van der Waals surface area contributed by atoms with Gasteiger partial charge in [0.15, 0.2) is 5.82 Å². The van der Waals surface area contributed by atoms with Crippen LogP contribution in [-0.4, -0.2) is 34.8 Å². The molecule has 0 aliphatic heterocycles. The van der Waals surface area contributed by atoms with E-state index >= 15 is 0 Å². The average Bonchev–Trinajstić information content (AvgIpc) is 3.16. The molecule has 196 valence electrons. The second-order valence-corrected chi connectivity index (χ2v) is 12.0. The Balaban J connectivity index is 1.12. The lowest BCUT2D eigenvalue weighted by Gasteiger charge is -2.15. The van der Waals surface area contributed by atoms with Crippen molar-refractivity contribution in [2.24, 2.45) is 0 Å². The fourth-order valence-corrected chi connectivity index (χ4v) is 5.50. The van der Waals surface area contributed by atoms with Crippen LogP contribution < -0.4 is 20.7 Å². The Morgan fingerprint density at radius 1 is 1.08 bits per heavy atom. The molecule has 0 bridgehead atoms. The molecular weight excluding hydrogens is 498 g/mol. The number of amides is 2. The number of rotatable bonds is 7. The van der Waals surface area contributed by atoms with E-state index < -0.39 is 0 Å². The molecule has 6 rings (SSSR count). The van der Waals surface area contributed by atoms with Gasteiger partial charge in [-0.1, -0.05) is 38.1 Å². The van der Waals surface area contributed by atoms with Gasteiger partial charge in [-0.25, -0.2) is 4.79 Å². The quantitative estimate of drug-likeness (QED) is 0.214. The molecule has 2 aromatic carbocycles. The smallest absolute Gasteiger partial charge is 0.324 e. The highest BCUT2D eigenvalue weighted by Crippen LogP contribution is 2.37. The summed E-state index contributed by atoms with van der Waals surface area (Å²) < 4.78 is 14.8. The first-order chi connectivity index (χ1) is 18.2. The molecule has 1 aliphatic carbocycles. The lowest BCUT2D eigenvalue weighted by Crippen LogP contribution is -2.33. The first-order valence-corrected chi connectivity index (χ1v) is 13.6. The second kappa shape index (κ2) is 9.18. The molecule has 1 fully saturated rings. The van der Waals surface area contributed by atoms with E-state index in [-0.39, 0.29) is 17.0 Å². The van der Waals surface area contributed by atoms with Crippen LogP contribution in [0.2, 0.25) is 0 Å². The summed E-state index contributed by atoms with van der Waals surface area (Å²) in [6.45, 7) is 6.78. The van der Waals surface area contributed by atoms with Crippen molar-refractivity contribution in [2.75, 3.05) is 24.3 Å². The van der Waals surface area contributed by atoms with Crippen molar-refractivity contribution in [1.29, 1.82) is 0 Å². The van der Waals surface area contributed by atoms with Gasteiger partial charge in [0, 0.05) is 28.9 Å². The average molecular weight is 530 g/mol. The van der Waals surface area contributed by atoms with Crippen LogP contribution in [-0.2, 0) is 5.41 Å². The Labute approximate surface area is 225 Å². The lowest BCUT2D eigenvalue weighted by molar-refractivity contribution is 0.260. The molecule has 3 N–H and O–H groups in total. The molecule has 3 aromatic heterocycles. The maximum atomic E-state index is 12.4. The number of nitrogens with one attached hydrogen (secondary N) is 3. The van der Waals surface area contributed by atoms with E-state index in [2.05, 4.69) is 56.0 Å². The summed E-state index contributed by atoms with van der Waals surface area (Å²) in [4.78, 5) is 13.6. The minimum absolute atomic E-state index is 0.161. The number of hydrogen-bond acceptors (Lipinski definition) is 6. The summed E-state index contributed by atoms with van der Waals surface area (Å²) in [7, 11) is 2.00. The first-order valence-electron chi connectivity index (χ1n) is 12.7. The van der Waals surface area contributed by atoms with Gasteiger partial charge in [0.25, 0.3) is 0 Å². The standard InChI is InChI=1S/C29H31N5O3S/c1-28(2,3)24-15-25(33-37-24)32-27(35)31-20-7-5-18(6-8-20)19-13-26-34(16-19)22-10-9-21(14-23(22)38-26)36-17-29(30-4)11-12-29/h5-10,13-16,30H,11-12,17H2,1-4H3,(H2,31,32,33,35). The molecule has 38 heavy (non-hydrogen) atoms. The van der Waals surface area contributed by atoms with Gasteiger partial charge in [0.2, 0.25) is 0 Å². The van der Waals surface area contributed by atoms with Crippen molar-refractivity contribution in [3.63, 3.8) is 0 Å². The number of fused-ring (bicyclic) bond motifs is 3. The second-order valence-electron chi connectivity index (χ2n) is 11.0. The largest absolute Gasteiger partial charge is 0.492 e. The van der Waals surface area contributed by atoms with Gasteiger partial charge in [0.05, 0.1) is 15.8 Å². The monoisotopic (exact) mass is 529 g/mol. The van der Waals surface area contributed by atoms with Crippen molar-refractivity contribution in [2.45, 2.75) is 44.6 Å². The highest BCUT2D eigenvalue weighted by Gasteiger charge is 2.41. The van der Waals surface area contributed by atoms with E-state index in [1.807, 2.05) is 52.1 Å². The number of likely N-dealkylation sites (N-methyl/N-ethyl adjacent to an activating group) is 1. The Morgan fingerprint density at radius 2 is 1.87 bits per heavy atom. The van der Waals surface area contributed by atoms with E-state index in [9.17, 15) is 4.79 Å². The van der Waals surface area contributed by atoms with E-state index in [0.717, 1.165) is 22.4 Å². The zero-order valence-electron chi connectivity index (χ0n) is 21.9. The minimum atomic E-state index is -0.371. The van der Waals surface area contributed by atoms with Crippen LogP contribution in [0.25, 0.3) is 26.2 Å². The van der Waals surface area contributed by atoms with E-state index in [0.29, 0.717) is 23.9 Å². The Morgan fingerprint density at radius 3 is 2.55 bits per heavy atom. The van der Waals surface area contributed by atoms with Crippen molar-refractivity contribution in [3.8, 4) is 16.9 Å². The summed E-state index contributed by atoms with van der Waals surface area (Å²) in [5.74, 6) is 2.00. The topological polar surface area (TPSA) is 92.8 Å². The molecule has 0 spiro atoms. The number of anilines is 2. The van der Waals surface area contributed by atoms with Gasteiger partial charge in [-0.3, -0.25) is 5.32 Å². The van der Waals surface area contributed by atoms with Crippen LogP contribution in [0.15, 0.2) is 65.3 Å². The van der Waals surface area contributed by atoms with Gasteiger partial charge in [-0.2, -0.15) is 0 Å². The third-order valence-corrected chi connectivity index (χ3v) is 8.13. The van der Waals surface area contributed by atoms with Gasteiger partial charge in [0.1, 0.15) is 22.9 Å². The summed E-state index contributed by atoms with van der Waals surface area (Å²) >= 11 is 1.75. The molecule has 8 nitrogen and oxygen atoms in total. The van der Waals surface area contributed by atoms with Crippen molar-refractivity contribution < 1.29 is 14.1 Å². The molecule has 1 saturated carbocycles. The van der Waals surface area contributed by atoms with Crippen molar-refractivity contribution in [1.82, 2.24) is 14.9 Å². The Hall–Kier alpha value is -3.82. The Kier molecular flexibility index (Phi) is 5.92. The van der Waals surface area contributed by atoms with Gasteiger partial charge in [-0.05, 0) is 61.9 Å². The highest BCUT2D eigenvalue weighted by atomic mass is 32.1. The maximum Gasteiger partial charge on any atom is 0.324 e. The maximum absolute atomic E-state index is 12.4. The normalized spacial score (nSPS) is 14.6. The number of carbonyl (C=O) groups is 1. The summed E-state index contributed by atoms with van der Waals surface area (Å²) in [6, 6.07) is 17.7. The fourth-order valence-electron chi connectivity index (χ4n) is 4.40. The van der Waals surface area contributed by atoms with E-state index in [4.69, 9.17) is 9.26 Å². The van der Waals surface area contributed by atoms with Gasteiger partial charge in [-0.15, -0.1) is 11.3 Å². The van der Waals surface area contributed by atoms with Crippen LogP contribution in [0.3, 0.4) is 0 Å². The third-order valence-electron chi connectivity index (χ3n) is 7.06. The third kappa shape index (κ3) is 4.87. The number of thiazole rings is 1. The molecule has 0 atom stereocenters. The molecule has 2 amide bonds. The molecule has 9 heteroatoms. The highest BCUT2D eigenvalue weighted by molar-refractivity contribution is 7.24. The van der Waals surface area contributed by atoms with Gasteiger partial charge >= 0.3 is 6.03 Å². The van der Waals surface area contributed by atoms with Crippen LogP contribution in [0, 0.1) is 0 Å². The fraction of sp³-hybridized carbons (Fsp3) is 0.310. The molecule has 0 saturated heterocycles. The molecule has 3 heterocycles. The number of nitrogens with zero attached hydrogens (tertiary/aromatic N) is 2. The van der Waals surface area contributed by atoms with Crippen LogP contribution in [0.1, 0.15) is 39.4 Å². The van der Waals surface area contributed by atoms with Crippen LogP contribution >= 0.6 is 11.3 Å². The molecule has 5 aromatic rings. The predicted octanol–water partition coefficient (Wildman–Crippen LogP) is 6.88. The molecular formula is C29H31N5O3S. The zero-order chi connectivity index (χ0) is 26.5. The number of urea groups is 1. The zero-order valence-corrected chi connectivity index (χ0v) is 22.7. The van der Waals surface area contributed by atoms with Crippen LogP contribution in [0.5, 0.6) is 5.75 Å². The van der Waals surface area contributed by atoms with E-state index in [1.54, 1.807) is 17.4 Å². The minimum Gasteiger partial charge on any atom is -0.492 e. The predicted molar refractivity (Wildman–Crippen MR) is 153 cm³/mol. The number of aromatic nitrogens is 2. The molecule has 1 aliphatic rings. The van der Waals surface area contributed by atoms with Crippen LogP contribution in [0.4, 0.5) is 16.3 Å². The number of carbonyl (C=O) groups excluding carboxylic acids is 1. The molecule has 0 unspecified atom stereocenters. The molecule has 0 radical (unpaired) electrons. The summed E-state index contributed by atoms with van der Waals surface area (Å²) in [6.07, 6.45) is 4.49. The Bertz CT molecular complexity index is 1620. The van der Waals surface area contributed by atoms with E-state index in [1.165, 1.54) is 22.4 Å². The number of benzene rings is 2. The van der Waals surface area contributed by atoms with Gasteiger partial charge < -0.3 is 24.3 Å². The number of ether oxygens (including phenoxy) is 1. The number of hydrogen-bond donors (Lipinski definition) is 3. The lowest BCUT2D eigenvalue weighted by atomic mass is 9.93. The van der Waals surface area contributed by atoms with Crippen molar-refractivity contribution in [3.05, 3.63) is 66.6 Å². The summed E-state index contributed by atoms with van der Waals surface area (Å²) in [5.41, 5.74) is 4.03. The summed E-state index contributed by atoms with van der Waals surface area (Å²) in [5, 5.41) is 12.9. The SMILES string of the molecule is CNC1(COc2ccc3c(c2)sc2cc(-c4ccc(NC(=O)Nc5cc(C(C)(C)C)on5)cc4)cn23)CC1.